The molecule has 0 heterocycles. The van der Waals surface area contributed by atoms with Gasteiger partial charge in [-0.2, -0.15) is 0 Å². The molecule has 13 heteroatoms. The van der Waals surface area contributed by atoms with Crippen LogP contribution in [-0.4, -0.2) is 78.2 Å². The van der Waals surface area contributed by atoms with E-state index in [4.69, 9.17) is 27.1 Å². The highest BCUT2D eigenvalue weighted by molar-refractivity contribution is 5.90. The van der Waals surface area contributed by atoms with E-state index in [2.05, 4.69) is 21.3 Å². The Morgan fingerprint density at radius 3 is 2.19 bits per heavy atom. The van der Waals surface area contributed by atoms with Crippen molar-refractivity contribution in [3.63, 3.8) is 0 Å². The zero-order valence-electron chi connectivity index (χ0n) is 14.1. The Bertz CT molecular complexity index is 527. The van der Waals surface area contributed by atoms with Crippen molar-refractivity contribution in [2.45, 2.75) is 24.9 Å². The molecule has 2 atom stereocenters. The van der Waals surface area contributed by atoms with E-state index in [1.807, 2.05) is 0 Å². The van der Waals surface area contributed by atoms with Gasteiger partial charge in [-0.25, -0.2) is 4.79 Å². The Kier molecular flexibility index (Phi) is 11.0. The number of nitrogens with one attached hydrogen (secondary N) is 5. The monoisotopic (exact) mass is 375 g/mol. The number of carboxylic acid groups (broad SMARTS) is 1. The van der Waals surface area contributed by atoms with Crippen molar-refractivity contribution in [1.82, 2.24) is 21.3 Å². The van der Waals surface area contributed by atoms with Gasteiger partial charge in [-0.05, 0) is 12.8 Å². The highest BCUT2D eigenvalue weighted by atomic mass is 16.4. The van der Waals surface area contributed by atoms with Crippen molar-refractivity contribution >= 4 is 29.7 Å². The van der Waals surface area contributed by atoms with Crippen LogP contribution < -0.4 is 32.7 Å². The van der Waals surface area contributed by atoms with Gasteiger partial charge in [0.2, 0.25) is 17.7 Å². The van der Waals surface area contributed by atoms with E-state index in [9.17, 15) is 19.2 Å². The molecule has 0 aromatic rings. The van der Waals surface area contributed by atoms with Gasteiger partial charge in [-0.1, -0.05) is 0 Å². The molecule has 0 aromatic heterocycles. The largest absolute Gasteiger partial charge is 0.480 e. The van der Waals surface area contributed by atoms with Crippen LogP contribution in [0.4, 0.5) is 0 Å². The summed E-state index contributed by atoms with van der Waals surface area (Å²) in [5.41, 5.74) is 10.3. The van der Waals surface area contributed by atoms with E-state index in [0.29, 0.717) is 6.42 Å². The number of aliphatic hydroxyl groups is 1. The lowest BCUT2D eigenvalue weighted by atomic mass is 10.1. The van der Waals surface area contributed by atoms with Crippen LogP contribution >= 0.6 is 0 Å². The first-order chi connectivity index (χ1) is 12.2. The number of hydrogen-bond donors (Lipinski definition) is 9. The van der Waals surface area contributed by atoms with E-state index in [1.54, 1.807) is 0 Å². The van der Waals surface area contributed by atoms with Crippen LogP contribution in [0.2, 0.25) is 0 Å². The van der Waals surface area contributed by atoms with Crippen molar-refractivity contribution in [1.29, 1.82) is 5.41 Å². The first-order valence-corrected chi connectivity index (χ1v) is 7.68. The van der Waals surface area contributed by atoms with E-state index < -0.39 is 55.5 Å². The number of carbonyl (C=O) groups is 4. The second-order valence-electron chi connectivity index (χ2n) is 5.22. The maximum Gasteiger partial charge on any atom is 0.326 e. The summed E-state index contributed by atoms with van der Waals surface area (Å²) in [6, 6.07) is -2.31. The van der Waals surface area contributed by atoms with Gasteiger partial charge in [-0.3, -0.25) is 19.8 Å². The molecule has 0 radical (unpaired) electrons. The average Bonchev–Trinajstić information content (AvgIpc) is 2.59. The average molecular weight is 375 g/mol. The number of amides is 3. The van der Waals surface area contributed by atoms with Crippen LogP contribution in [0.25, 0.3) is 0 Å². The van der Waals surface area contributed by atoms with Gasteiger partial charge in [0.1, 0.15) is 12.1 Å². The molecule has 0 aliphatic carbocycles. The van der Waals surface area contributed by atoms with Crippen LogP contribution in [-0.2, 0) is 19.2 Å². The third-order valence-corrected chi connectivity index (χ3v) is 3.02. The van der Waals surface area contributed by atoms with E-state index >= 15 is 0 Å². The summed E-state index contributed by atoms with van der Waals surface area (Å²) >= 11 is 0. The lowest BCUT2D eigenvalue weighted by Crippen LogP contribution is -2.49. The standard InChI is InChI=1S/C13H25N7O6/c14-7(6-21)11(24)19-4-9(22)18-5-10(23)20-8(12(25)26)2-1-3-17-13(15)16/h7-8,21H,1-6,14H2,(H,18,22)(H,19,24)(H,20,23)(H,25,26)(H4,15,16,17)/t7-,8-/m0/s1. The molecule has 3 amide bonds. The molecular formula is C13H25N7O6. The van der Waals surface area contributed by atoms with Crippen LogP contribution in [0.3, 0.4) is 0 Å². The lowest BCUT2D eigenvalue weighted by molar-refractivity contribution is -0.142. The van der Waals surface area contributed by atoms with Crippen molar-refractivity contribution in [2.75, 3.05) is 26.2 Å². The molecule has 0 saturated heterocycles. The van der Waals surface area contributed by atoms with Crippen LogP contribution in [0.15, 0.2) is 0 Å². The highest BCUT2D eigenvalue weighted by Gasteiger charge is 2.20. The Morgan fingerprint density at radius 2 is 1.65 bits per heavy atom. The fourth-order valence-electron chi connectivity index (χ4n) is 1.65. The summed E-state index contributed by atoms with van der Waals surface area (Å²) in [7, 11) is 0. The summed E-state index contributed by atoms with van der Waals surface area (Å²) < 4.78 is 0. The molecule has 0 rings (SSSR count). The maximum atomic E-state index is 11.7. The van der Waals surface area contributed by atoms with Gasteiger partial charge >= 0.3 is 5.97 Å². The third-order valence-electron chi connectivity index (χ3n) is 3.02. The smallest absolute Gasteiger partial charge is 0.326 e. The molecule has 148 valence electrons. The number of carbonyl (C=O) groups excluding carboxylic acids is 3. The molecular weight excluding hydrogens is 350 g/mol. The fraction of sp³-hybridized carbons (Fsp3) is 0.615. The van der Waals surface area contributed by atoms with Gasteiger partial charge < -0.3 is 42.9 Å². The summed E-state index contributed by atoms with van der Waals surface area (Å²) in [5, 5.41) is 33.8. The topological polar surface area (TPSA) is 233 Å². The van der Waals surface area contributed by atoms with Crippen LogP contribution in [0, 0.1) is 5.41 Å². The second-order valence-corrected chi connectivity index (χ2v) is 5.22. The first-order valence-electron chi connectivity index (χ1n) is 7.68. The van der Waals surface area contributed by atoms with E-state index in [1.165, 1.54) is 0 Å². The second kappa shape index (κ2) is 12.4. The van der Waals surface area contributed by atoms with Crippen molar-refractivity contribution in [3.05, 3.63) is 0 Å². The van der Waals surface area contributed by atoms with Gasteiger partial charge in [0.15, 0.2) is 5.96 Å². The van der Waals surface area contributed by atoms with E-state index in [0.717, 1.165) is 0 Å². The van der Waals surface area contributed by atoms with E-state index in [-0.39, 0.29) is 18.9 Å². The summed E-state index contributed by atoms with van der Waals surface area (Å²) in [5.74, 6) is -3.61. The maximum absolute atomic E-state index is 11.7. The fourth-order valence-corrected chi connectivity index (χ4v) is 1.65. The number of aliphatic hydroxyl groups excluding tert-OH is 1. The van der Waals surface area contributed by atoms with Gasteiger partial charge in [0, 0.05) is 6.54 Å². The summed E-state index contributed by atoms with van der Waals surface area (Å²) in [6.07, 6.45) is 0.449. The lowest BCUT2D eigenvalue weighted by Gasteiger charge is -2.15. The van der Waals surface area contributed by atoms with Crippen molar-refractivity contribution in [2.24, 2.45) is 11.5 Å². The molecule has 0 bridgehead atoms. The van der Waals surface area contributed by atoms with Crippen LogP contribution in [0.5, 0.6) is 0 Å². The number of guanidine groups is 1. The van der Waals surface area contributed by atoms with Gasteiger partial charge in [0.05, 0.1) is 19.7 Å². The number of nitrogens with two attached hydrogens (primary N) is 2. The molecule has 0 aliphatic heterocycles. The molecule has 0 aliphatic rings. The molecule has 26 heavy (non-hydrogen) atoms. The van der Waals surface area contributed by atoms with Crippen LogP contribution in [0.1, 0.15) is 12.8 Å². The number of carboxylic acids is 1. The van der Waals surface area contributed by atoms with Gasteiger partial charge in [0.25, 0.3) is 0 Å². The van der Waals surface area contributed by atoms with Crippen molar-refractivity contribution < 1.29 is 29.4 Å². The zero-order valence-corrected chi connectivity index (χ0v) is 14.1. The Balaban J connectivity index is 4.15. The molecule has 0 unspecified atom stereocenters. The highest BCUT2D eigenvalue weighted by Crippen LogP contribution is 1.97. The van der Waals surface area contributed by atoms with Gasteiger partial charge in [-0.15, -0.1) is 0 Å². The third kappa shape index (κ3) is 10.8. The molecule has 13 nitrogen and oxygen atoms in total. The minimum absolute atomic E-state index is 0.102. The van der Waals surface area contributed by atoms with Crippen molar-refractivity contribution in [3.8, 4) is 0 Å². The first kappa shape index (κ1) is 23.1. The SMILES string of the molecule is N=C(N)NCCC[C@H](NC(=O)CNC(=O)CNC(=O)[C@@H](N)CO)C(=O)O. The molecule has 0 saturated carbocycles. The Labute approximate surface area is 149 Å². The minimum Gasteiger partial charge on any atom is -0.480 e. The summed E-state index contributed by atoms with van der Waals surface area (Å²) in [4.78, 5) is 45.5. The summed E-state index contributed by atoms with van der Waals surface area (Å²) in [6.45, 7) is -1.22. The Hall–Kier alpha value is -2.93. The minimum atomic E-state index is -1.24. The number of rotatable bonds is 12. The molecule has 11 N–H and O–H groups in total. The quantitative estimate of drug-likeness (QED) is 0.0904. The Morgan fingerprint density at radius 1 is 1.04 bits per heavy atom. The molecule has 0 aromatic carbocycles. The molecule has 0 spiro atoms. The number of hydrogen-bond acceptors (Lipinski definition) is 7. The predicted molar refractivity (Wildman–Crippen MR) is 89.8 cm³/mol. The zero-order chi connectivity index (χ0) is 20.1. The predicted octanol–water partition coefficient (Wildman–Crippen LogP) is -4.63. The normalized spacial score (nSPS) is 12.4. The number of aliphatic carboxylic acids is 1. The molecule has 0 fully saturated rings.